The lowest BCUT2D eigenvalue weighted by atomic mass is 10.1. The molecular weight excluding hydrogens is 433 g/mol. The van der Waals surface area contributed by atoms with Crippen LogP contribution in [-0.2, 0) is 4.79 Å². The van der Waals surface area contributed by atoms with Crippen molar-refractivity contribution in [2.45, 2.75) is 19.8 Å². The summed E-state index contributed by atoms with van der Waals surface area (Å²) in [6, 6.07) is 12.0. The van der Waals surface area contributed by atoms with Crippen molar-refractivity contribution in [1.29, 1.82) is 0 Å². The number of hydrogen-bond donors (Lipinski definition) is 1. The zero-order chi connectivity index (χ0) is 23.7. The summed E-state index contributed by atoms with van der Waals surface area (Å²) in [6.45, 7) is 3.66. The molecule has 2 aromatic heterocycles. The van der Waals surface area contributed by atoms with Gasteiger partial charge in [-0.2, -0.15) is 0 Å². The van der Waals surface area contributed by atoms with Gasteiger partial charge >= 0.3 is 0 Å². The Kier molecular flexibility index (Phi) is 5.79. The fraction of sp³-hybridized carbons (Fsp3) is 0.231. The minimum Gasteiger partial charge on any atom is -0.350 e. The standard InChI is InChI=1S/C26H24FN5O2/c1-17-16-32(26-29-14-19(15-30-26)21-5-2-3-6-22(21)27)23-13-18(8-9-20(17)23)25(34)28-10-12-31-11-4-7-24(31)33/h2-3,5-6,8-9,13-16H,4,7,10-12H2,1H3,(H,28,34). The molecular formula is C26H24FN5O2. The molecule has 0 atom stereocenters. The lowest BCUT2D eigenvalue weighted by molar-refractivity contribution is -0.127. The van der Waals surface area contributed by atoms with Gasteiger partial charge in [-0.15, -0.1) is 0 Å². The Labute approximate surface area is 196 Å². The van der Waals surface area contributed by atoms with E-state index in [1.807, 2.05) is 29.8 Å². The van der Waals surface area contributed by atoms with Crippen LogP contribution < -0.4 is 5.32 Å². The number of rotatable bonds is 6. The predicted molar refractivity (Wildman–Crippen MR) is 127 cm³/mol. The van der Waals surface area contributed by atoms with Gasteiger partial charge in [-0.1, -0.05) is 24.3 Å². The van der Waals surface area contributed by atoms with Gasteiger partial charge < -0.3 is 10.2 Å². The first-order valence-electron chi connectivity index (χ1n) is 11.3. The molecule has 0 unspecified atom stereocenters. The number of benzene rings is 2. The summed E-state index contributed by atoms with van der Waals surface area (Å²) in [5.74, 6) is 0.0499. The molecule has 1 fully saturated rings. The average molecular weight is 458 g/mol. The Hall–Kier alpha value is -4.07. The van der Waals surface area contributed by atoms with Crippen LogP contribution in [0.3, 0.4) is 0 Å². The van der Waals surface area contributed by atoms with Crippen molar-refractivity contribution in [1.82, 2.24) is 24.8 Å². The van der Waals surface area contributed by atoms with Crippen LogP contribution in [0.15, 0.2) is 61.1 Å². The molecule has 1 N–H and O–H groups in total. The number of nitrogens with one attached hydrogen (secondary N) is 1. The van der Waals surface area contributed by atoms with Crippen LogP contribution in [-0.4, -0.2) is 50.9 Å². The van der Waals surface area contributed by atoms with E-state index in [-0.39, 0.29) is 17.6 Å². The first-order valence-corrected chi connectivity index (χ1v) is 11.3. The molecule has 1 saturated heterocycles. The van der Waals surface area contributed by atoms with Gasteiger partial charge in [0, 0.05) is 66.7 Å². The van der Waals surface area contributed by atoms with Crippen LogP contribution in [0.5, 0.6) is 0 Å². The molecule has 5 rings (SSSR count). The Bertz CT molecular complexity index is 1380. The molecule has 3 heterocycles. The molecule has 0 aliphatic carbocycles. The largest absolute Gasteiger partial charge is 0.350 e. The number of fused-ring (bicyclic) bond motifs is 1. The number of likely N-dealkylation sites (tertiary alicyclic amines) is 1. The number of nitrogens with zero attached hydrogens (tertiary/aromatic N) is 4. The number of aryl methyl sites for hydroxylation is 1. The molecule has 0 radical (unpaired) electrons. The van der Waals surface area contributed by atoms with Crippen LogP contribution in [0.4, 0.5) is 4.39 Å². The first kappa shape index (κ1) is 21.8. The Morgan fingerprint density at radius 3 is 2.68 bits per heavy atom. The monoisotopic (exact) mass is 457 g/mol. The first-order chi connectivity index (χ1) is 16.5. The van der Waals surface area contributed by atoms with E-state index in [4.69, 9.17) is 0 Å². The van der Waals surface area contributed by atoms with Gasteiger partial charge in [-0.25, -0.2) is 14.4 Å². The highest BCUT2D eigenvalue weighted by Gasteiger charge is 2.20. The molecule has 0 spiro atoms. The lowest BCUT2D eigenvalue weighted by Gasteiger charge is -2.15. The Balaban J connectivity index is 1.38. The molecule has 172 valence electrons. The van der Waals surface area contributed by atoms with Gasteiger partial charge in [-0.3, -0.25) is 14.2 Å². The van der Waals surface area contributed by atoms with Gasteiger partial charge in [0.1, 0.15) is 5.82 Å². The SMILES string of the molecule is Cc1cn(-c2ncc(-c3ccccc3F)cn2)c2cc(C(=O)NCCN3CCCC3=O)ccc12. The fourth-order valence-corrected chi connectivity index (χ4v) is 4.33. The van der Waals surface area contributed by atoms with Crippen molar-refractivity contribution in [2.24, 2.45) is 0 Å². The highest BCUT2D eigenvalue weighted by Crippen LogP contribution is 2.26. The summed E-state index contributed by atoms with van der Waals surface area (Å²) in [7, 11) is 0. The maximum Gasteiger partial charge on any atom is 0.251 e. The summed E-state index contributed by atoms with van der Waals surface area (Å²) in [5, 5.41) is 3.89. The van der Waals surface area contributed by atoms with E-state index in [1.165, 1.54) is 6.07 Å². The summed E-state index contributed by atoms with van der Waals surface area (Å²) < 4.78 is 15.9. The molecule has 7 nitrogen and oxygen atoms in total. The van der Waals surface area contributed by atoms with Gasteiger partial charge in [0.25, 0.3) is 5.91 Å². The summed E-state index contributed by atoms with van der Waals surface area (Å²) >= 11 is 0. The van der Waals surface area contributed by atoms with E-state index in [0.29, 0.717) is 42.1 Å². The minimum atomic E-state index is -0.328. The van der Waals surface area contributed by atoms with E-state index >= 15 is 0 Å². The molecule has 1 aliphatic rings. The van der Waals surface area contributed by atoms with Gasteiger partial charge in [0.2, 0.25) is 11.9 Å². The van der Waals surface area contributed by atoms with E-state index in [2.05, 4.69) is 15.3 Å². The summed E-state index contributed by atoms with van der Waals surface area (Å²) in [4.78, 5) is 35.2. The number of hydrogen-bond acceptors (Lipinski definition) is 4. The van der Waals surface area contributed by atoms with Gasteiger partial charge in [0.05, 0.1) is 5.52 Å². The number of amides is 2. The van der Waals surface area contributed by atoms with Crippen molar-refractivity contribution >= 4 is 22.7 Å². The summed E-state index contributed by atoms with van der Waals surface area (Å²) in [5.41, 5.74) is 3.38. The summed E-state index contributed by atoms with van der Waals surface area (Å²) in [6.07, 6.45) is 6.58. The minimum absolute atomic E-state index is 0.144. The lowest BCUT2D eigenvalue weighted by Crippen LogP contribution is -2.35. The Morgan fingerprint density at radius 1 is 1.15 bits per heavy atom. The van der Waals surface area contributed by atoms with Crippen molar-refractivity contribution in [3.8, 4) is 17.1 Å². The molecule has 0 bridgehead atoms. The Morgan fingerprint density at radius 2 is 1.94 bits per heavy atom. The van der Waals surface area contributed by atoms with Crippen molar-refractivity contribution in [2.75, 3.05) is 19.6 Å². The topological polar surface area (TPSA) is 80.1 Å². The van der Waals surface area contributed by atoms with Crippen molar-refractivity contribution in [3.63, 3.8) is 0 Å². The van der Waals surface area contributed by atoms with Crippen LogP contribution in [0.25, 0.3) is 28.0 Å². The number of aromatic nitrogens is 3. The molecule has 8 heteroatoms. The molecule has 4 aromatic rings. The second kappa shape index (κ2) is 9.05. The van der Waals surface area contributed by atoms with E-state index in [1.54, 1.807) is 41.6 Å². The van der Waals surface area contributed by atoms with Gasteiger partial charge in [-0.05, 0) is 37.1 Å². The van der Waals surface area contributed by atoms with Crippen LogP contribution >= 0.6 is 0 Å². The number of halogens is 1. The zero-order valence-electron chi connectivity index (χ0n) is 18.8. The second-order valence-electron chi connectivity index (χ2n) is 8.41. The average Bonchev–Trinajstić information content (AvgIpc) is 3.41. The third-order valence-electron chi connectivity index (χ3n) is 6.14. The smallest absolute Gasteiger partial charge is 0.251 e. The van der Waals surface area contributed by atoms with Crippen LogP contribution in [0.1, 0.15) is 28.8 Å². The van der Waals surface area contributed by atoms with Crippen molar-refractivity contribution in [3.05, 3.63) is 78.0 Å². The maximum atomic E-state index is 14.1. The fourth-order valence-electron chi connectivity index (χ4n) is 4.33. The van der Waals surface area contributed by atoms with E-state index < -0.39 is 0 Å². The second-order valence-corrected chi connectivity index (χ2v) is 8.41. The molecule has 2 amide bonds. The maximum absolute atomic E-state index is 14.1. The highest BCUT2D eigenvalue weighted by molar-refractivity contribution is 5.99. The third-order valence-corrected chi connectivity index (χ3v) is 6.14. The van der Waals surface area contributed by atoms with E-state index in [9.17, 15) is 14.0 Å². The molecule has 0 saturated carbocycles. The zero-order valence-corrected chi connectivity index (χ0v) is 18.8. The predicted octanol–water partition coefficient (Wildman–Crippen LogP) is 3.89. The number of carbonyl (C=O) groups is 2. The molecule has 34 heavy (non-hydrogen) atoms. The number of carbonyl (C=O) groups excluding carboxylic acids is 2. The highest BCUT2D eigenvalue weighted by atomic mass is 19.1. The molecule has 2 aromatic carbocycles. The van der Waals surface area contributed by atoms with E-state index in [0.717, 1.165) is 29.4 Å². The third kappa shape index (κ3) is 4.14. The quantitative estimate of drug-likeness (QED) is 0.476. The van der Waals surface area contributed by atoms with Crippen LogP contribution in [0, 0.1) is 12.7 Å². The van der Waals surface area contributed by atoms with Gasteiger partial charge in [0.15, 0.2) is 0 Å². The normalized spacial score (nSPS) is 13.6. The molecule has 1 aliphatic heterocycles. The van der Waals surface area contributed by atoms with Crippen LogP contribution in [0.2, 0.25) is 0 Å². The van der Waals surface area contributed by atoms with Crippen molar-refractivity contribution < 1.29 is 14.0 Å².